The minimum Gasteiger partial charge on any atom is -0.300 e. The lowest BCUT2D eigenvalue weighted by atomic mass is 10.3. The van der Waals surface area contributed by atoms with Crippen molar-refractivity contribution in [3.05, 3.63) is 170 Å². The molecule has 0 N–H and O–H groups in total. The molecule has 0 radical (unpaired) electrons. The number of para-hydroxylation sites is 8. The molecule has 0 atom stereocenters. The number of fused-ring (bicyclic) bond motifs is 12. The highest BCUT2D eigenvalue weighted by atomic mass is 32.2. The van der Waals surface area contributed by atoms with Gasteiger partial charge < -0.3 is 17.6 Å². The summed E-state index contributed by atoms with van der Waals surface area (Å²) in [6, 6.07) is 47.3. The molecule has 304 valence electrons. The first-order chi connectivity index (χ1) is 31.6. The average molecular weight is 901 g/mol. The summed E-state index contributed by atoms with van der Waals surface area (Å²) in [5, 5.41) is 47.1. The summed E-state index contributed by atoms with van der Waals surface area (Å²) in [6.07, 6.45) is 7.29. The Balaban J connectivity index is 0.000000108. The van der Waals surface area contributed by atoms with E-state index in [1.807, 2.05) is 170 Å². The van der Waals surface area contributed by atoms with Crippen molar-refractivity contribution in [1.29, 1.82) is 21.0 Å². The Morgan fingerprint density at radius 3 is 0.734 bits per heavy atom. The second-order valence-electron chi connectivity index (χ2n) is 13.5. The van der Waals surface area contributed by atoms with Crippen LogP contribution in [0.15, 0.2) is 190 Å². The van der Waals surface area contributed by atoms with Gasteiger partial charge in [-0.2, -0.15) is 21.0 Å². The van der Waals surface area contributed by atoms with Gasteiger partial charge in [-0.05, 0) is 97.1 Å². The molecule has 8 aromatic heterocycles. The summed E-state index contributed by atoms with van der Waals surface area (Å²) in [5.41, 5.74) is 11.9. The topological polar surface area (TPSA) is 164 Å². The molecular weight excluding hydrogens is 873 g/mol. The third kappa shape index (κ3) is 8.21. The molecule has 0 aliphatic carbocycles. The van der Waals surface area contributed by atoms with Crippen LogP contribution in [0, 0.1) is 42.7 Å². The Labute approximate surface area is 381 Å². The number of thioether (sulfide) groups is 4. The first-order valence-corrected chi connectivity index (χ1v) is 22.5. The van der Waals surface area contributed by atoms with Crippen LogP contribution in [-0.4, -0.2) is 37.5 Å². The van der Waals surface area contributed by atoms with Gasteiger partial charge in [0.25, 0.3) is 0 Å². The highest BCUT2D eigenvalue weighted by Gasteiger charge is 2.10. The first kappa shape index (κ1) is 41.4. The number of aromatic nitrogens is 8. The number of benzene rings is 4. The van der Waals surface area contributed by atoms with E-state index in [0.29, 0.717) is 0 Å². The van der Waals surface area contributed by atoms with Gasteiger partial charge in [0.1, 0.15) is 21.6 Å². The maximum Gasteiger partial charge on any atom is 0.140 e. The molecule has 8 heterocycles. The molecule has 4 aromatic carbocycles. The van der Waals surface area contributed by atoms with Gasteiger partial charge in [0.15, 0.2) is 0 Å². The lowest BCUT2D eigenvalue weighted by Gasteiger charge is -2.03. The van der Waals surface area contributed by atoms with E-state index >= 15 is 0 Å². The van der Waals surface area contributed by atoms with E-state index in [4.69, 9.17) is 21.0 Å². The van der Waals surface area contributed by atoms with Gasteiger partial charge in [-0.25, -0.2) is 0 Å². The fraction of sp³-hybridized carbons (Fsp3) is 0. The third-order valence-corrected chi connectivity index (χ3v) is 12.4. The van der Waals surface area contributed by atoms with Crippen molar-refractivity contribution in [2.45, 2.75) is 20.1 Å². The minimum atomic E-state index is 0.927. The fourth-order valence-electron chi connectivity index (χ4n) is 7.26. The number of hydrogen-bond acceptors (Lipinski definition) is 12. The maximum atomic E-state index is 8.75. The standard InChI is InChI=1S/4C12H7N3S/c4*13-8-16-12-6-5-9-7-14-10-3-1-2-4-11(10)15(9)12/h4*1-7H. The zero-order chi connectivity index (χ0) is 43.8. The van der Waals surface area contributed by atoms with Crippen molar-refractivity contribution in [2.75, 3.05) is 0 Å². The van der Waals surface area contributed by atoms with Crippen LogP contribution < -0.4 is 0 Å². The minimum absolute atomic E-state index is 0.927. The van der Waals surface area contributed by atoms with Gasteiger partial charge in [-0.1, -0.05) is 48.5 Å². The molecule has 0 amide bonds. The predicted octanol–water partition coefficient (Wildman–Crippen LogP) is 12.2. The molecule has 0 unspecified atom stereocenters. The zero-order valence-electron chi connectivity index (χ0n) is 33.2. The van der Waals surface area contributed by atoms with Crippen molar-refractivity contribution >= 4 is 113 Å². The van der Waals surface area contributed by atoms with Crippen LogP contribution in [-0.2, 0) is 0 Å². The normalized spacial score (nSPS) is 10.7. The zero-order valence-corrected chi connectivity index (χ0v) is 36.4. The SMILES string of the molecule is N#CSc1ccc2cnc3ccccc3n12.N#CSc1ccc2cnc3ccccc3n12.N#CSc1ccc2cnc3ccccc3n12.N#CSc1ccc2cnc3ccccc3n12. The lowest BCUT2D eigenvalue weighted by Crippen LogP contribution is -1.90. The quantitative estimate of drug-likeness (QED) is 0.121. The Hall–Kier alpha value is -7.96. The number of nitriles is 4. The molecule has 16 heteroatoms. The van der Waals surface area contributed by atoms with Crippen LogP contribution in [0.4, 0.5) is 0 Å². The molecule has 0 bridgehead atoms. The van der Waals surface area contributed by atoms with Crippen molar-refractivity contribution in [2.24, 2.45) is 0 Å². The van der Waals surface area contributed by atoms with Gasteiger partial charge in [0, 0.05) is 47.0 Å². The lowest BCUT2D eigenvalue weighted by molar-refractivity contribution is 1.09. The molecule has 0 aliphatic rings. The Bertz CT molecular complexity index is 3340. The van der Waals surface area contributed by atoms with E-state index in [1.165, 1.54) is 47.0 Å². The van der Waals surface area contributed by atoms with Crippen molar-refractivity contribution < 1.29 is 0 Å². The van der Waals surface area contributed by atoms with E-state index in [0.717, 1.165) is 86.3 Å². The van der Waals surface area contributed by atoms with Crippen LogP contribution in [0.1, 0.15) is 0 Å². The summed E-state index contributed by atoms with van der Waals surface area (Å²) in [6.45, 7) is 0. The highest BCUT2D eigenvalue weighted by Crippen LogP contribution is 2.28. The number of thiocyanates is 4. The second-order valence-corrected chi connectivity index (χ2v) is 16.7. The average Bonchev–Trinajstić information content (AvgIpc) is 4.16. The molecular formula is C48H28N12S4. The van der Waals surface area contributed by atoms with Crippen molar-refractivity contribution in [3.8, 4) is 21.6 Å². The summed E-state index contributed by atoms with van der Waals surface area (Å²) >= 11 is 4.67. The molecule has 0 saturated heterocycles. The van der Waals surface area contributed by atoms with Gasteiger partial charge in [-0.15, -0.1) is 0 Å². The van der Waals surface area contributed by atoms with Crippen LogP contribution in [0.5, 0.6) is 0 Å². The third-order valence-electron chi connectivity index (χ3n) is 9.94. The van der Waals surface area contributed by atoms with Crippen LogP contribution in [0.3, 0.4) is 0 Å². The highest BCUT2D eigenvalue weighted by molar-refractivity contribution is 8.04. The Kier molecular flexibility index (Phi) is 12.3. The van der Waals surface area contributed by atoms with E-state index in [-0.39, 0.29) is 0 Å². The molecule has 0 saturated carbocycles. The monoisotopic (exact) mass is 900 g/mol. The first-order valence-electron chi connectivity index (χ1n) is 19.2. The fourth-order valence-corrected chi connectivity index (χ4v) is 9.36. The molecule has 0 aliphatic heterocycles. The number of nitrogens with zero attached hydrogens (tertiary/aromatic N) is 12. The van der Waals surface area contributed by atoms with E-state index < -0.39 is 0 Å². The van der Waals surface area contributed by atoms with E-state index in [9.17, 15) is 0 Å². The summed E-state index contributed by atoms with van der Waals surface area (Å²) in [4.78, 5) is 17.5. The van der Waals surface area contributed by atoms with E-state index in [2.05, 4.69) is 59.1 Å². The second kappa shape index (κ2) is 19.0. The van der Waals surface area contributed by atoms with Crippen molar-refractivity contribution in [1.82, 2.24) is 37.5 Å². The number of rotatable bonds is 4. The largest absolute Gasteiger partial charge is 0.300 e. The summed E-state index contributed by atoms with van der Waals surface area (Å²) < 4.78 is 8.21. The smallest absolute Gasteiger partial charge is 0.140 e. The van der Waals surface area contributed by atoms with Gasteiger partial charge in [0.05, 0.1) is 111 Å². The molecule has 0 fully saturated rings. The molecule has 12 aromatic rings. The van der Waals surface area contributed by atoms with Crippen molar-refractivity contribution in [3.63, 3.8) is 0 Å². The Morgan fingerprint density at radius 1 is 0.297 bits per heavy atom. The summed E-state index contributed by atoms with van der Waals surface area (Å²) in [7, 11) is 0. The van der Waals surface area contributed by atoms with Gasteiger partial charge >= 0.3 is 0 Å². The van der Waals surface area contributed by atoms with Gasteiger partial charge in [-0.3, -0.25) is 19.9 Å². The van der Waals surface area contributed by atoms with Crippen LogP contribution >= 0.6 is 47.0 Å². The molecule has 12 nitrogen and oxygen atoms in total. The molecule has 0 spiro atoms. The summed E-state index contributed by atoms with van der Waals surface area (Å²) in [5.74, 6) is 0. The van der Waals surface area contributed by atoms with E-state index in [1.54, 1.807) is 0 Å². The van der Waals surface area contributed by atoms with Gasteiger partial charge in [0.2, 0.25) is 0 Å². The number of hydrogen-bond donors (Lipinski definition) is 0. The predicted molar refractivity (Wildman–Crippen MR) is 257 cm³/mol. The maximum absolute atomic E-state index is 8.75. The van der Waals surface area contributed by atoms with Crippen LogP contribution in [0.2, 0.25) is 0 Å². The van der Waals surface area contributed by atoms with Crippen LogP contribution in [0.25, 0.3) is 66.2 Å². The molecule has 12 rings (SSSR count). The molecule has 64 heavy (non-hydrogen) atoms. The Morgan fingerprint density at radius 2 is 0.516 bits per heavy atom.